The Labute approximate surface area is 111 Å². The highest BCUT2D eigenvalue weighted by Crippen LogP contribution is 2.13. The zero-order valence-electron chi connectivity index (χ0n) is 10.8. The van der Waals surface area contributed by atoms with Crippen LogP contribution >= 0.6 is 0 Å². The zero-order valence-corrected chi connectivity index (χ0v) is 10.8. The molecule has 0 fully saturated rings. The van der Waals surface area contributed by atoms with Gasteiger partial charge in [0.1, 0.15) is 11.9 Å². The maximum Gasteiger partial charge on any atom is 0.257 e. The van der Waals surface area contributed by atoms with E-state index in [9.17, 15) is 4.79 Å². The molecule has 1 heterocycles. The van der Waals surface area contributed by atoms with Gasteiger partial charge in [-0.05, 0) is 37.6 Å². The maximum atomic E-state index is 12.1. The van der Waals surface area contributed by atoms with E-state index >= 15 is 0 Å². The van der Waals surface area contributed by atoms with Gasteiger partial charge < -0.3 is 5.32 Å². The van der Waals surface area contributed by atoms with Crippen LogP contribution in [0.5, 0.6) is 0 Å². The van der Waals surface area contributed by atoms with Gasteiger partial charge in [-0.3, -0.25) is 4.79 Å². The molecule has 4 heteroatoms. The van der Waals surface area contributed by atoms with Crippen LogP contribution in [-0.2, 0) is 0 Å². The van der Waals surface area contributed by atoms with E-state index in [2.05, 4.69) is 10.3 Å². The van der Waals surface area contributed by atoms with Crippen LogP contribution in [0.25, 0.3) is 0 Å². The van der Waals surface area contributed by atoms with Crippen LogP contribution in [0.15, 0.2) is 36.5 Å². The molecule has 2 rings (SSSR count). The molecule has 0 radical (unpaired) electrons. The normalized spacial score (nSPS) is 9.74. The topological polar surface area (TPSA) is 65.8 Å². The Morgan fingerprint density at radius 1 is 1.26 bits per heavy atom. The van der Waals surface area contributed by atoms with Gasteiger partial charge in [-0.25, -0.2) is 4.98 Å². The predicted octanol–water partition coefficient (Wildman–Crippen LogP) is 2.82. The summed E-state index contributed by atoms with van der Waals surface area (Å²) in [7, 11) is 0. The second kappa shape index (κ2) is 5.32. The van der Waals surface area contributed by atoms with Gasteiger partial charge in [0, 0.05) is 11.8 Å². The lowest BCUT2D eigenvalue weighted by molar-refractivity contribution is 0.102. The fourth-order valence-corrected chi connectivity index (χ4v) is 1.79. The average Bonchev–Trinajstić information content (AvgIpc) is 2.39. The Bertz CT molecular complexity index is 654. The molecule has 0 saturated heterocycles. The van der Waals surface area contributed by atoms with E-state index < -0.39 is 0 Å². The fraction of sp³-hybridized carbons (Fsp3) is 0.133. The minimum atomic E-state index is -0.199. The van der Waals surface area contributed by atoms with Crippen molar-refractivity contribution in [3.05, 3.63) is 58.8 Å². The van der Waals surface area contributed by atoms with E-state index in [0.717, 1.165) is 11.1 Å². The number of amides is 1. The minimum absolute atomic E-state index is 0.199. The van der Waals surface area contributed by atoms with Gasteiger partial charge in [-0.15, -0.1) is 0 Å². The predicted molar refractivity (Wildman–Crippen MR) is 72.8 cm³/mol. The molecule has 0 aliphatic rings. The summed E-state index contributed by atoms with van der Waals surface area (Å²) in [4.78, 5) is 16.1. The number of anilines is 1. The summed E-state index contributed by atoms with van der Waals surface area (Å²) in [6.07, 6.45) is 1.43. The highest BCUT2D eigenvalue weighted by molar-refractivity contribution is 6.04. The van der Waals surface area contributed by atoms with E-state index in [0.29, 0.717) is 16.9 Å². The van der Waals surface area contributed by atoms with Gasteiger partial charge in [-0.2, -0.15) is 5.26 Å². The van der Waals surface area contributed by atoms with Crippen molar-refractivity contribution in [1.82, 2.24) is 4.98 Å². The Morgan fingerprint density at radius 2 is 2.05 bits per heavy atom. The Balaban J connectivity index is 2.18. The summed E-state index contributed by atoms with van der Waals surface area (Å²) in [5.74, 6) is 0.235. The average molecular weight is 251 g/mol. The number of aromatic nitrogens is 1. The van der Waals surface area contributed by atoms with Crippen LogP contribution in [0.2, 0.25) is 0 Å². The number of benzene rings is 1. The van der Waals surface area contributed by atoms with Crippen molar-refractivity contribution < 1.29 is 4.79 Å². The van der Waals surface area contributed by atoms with Crippen LogP contribution in [0.1, 0.15) is 27.0 Å². The van der Waals surface area contributed by atoms with Crippen molar-refractivity contribution in [2.75, 3.05) is 5.32 Å². The van der Waals surface area contributed by atoms with Crippen LogP contribution in [0.4, 0.5) is 5.82 Å². The Kier molecular flexibility index (Phi) is 3.58. The summed E-state index contributed by atoms with van der Waals surface area (Å²) in [6, 6.07) is 10.9. The van der Waals surface area contributed by atoms with Crippen LogP contribution in [-0.4, -0.2) is 10.9 Å². The minimum Gasteiger partial charge on any atom is -0.307 e. The number of nitriles is 1. The van der Waals surface area contributed by atoms with E-state index in [4.69, 9.17) is 5.26 Å². The lowest BCUT2D eigenvalue weighted by Crippen LogP contribution is -2.14. The highest BCUT2D eigenvalue weighted by atomic mass is 16.1. The largest absolute Gasteiger partial charge is 0.307 e. The molecule has 0 unspecified atom stereocenters. The van der Waals surface area contributed by atoms with Crippen LogP contribution in [0, 0.1) is 25.2 Å². The molecule has 2 aromatic rings. The Morgan fingerprint density at radius 3 is 2.63 bits per heavy atom. The molecule has 0 bridgehead atoms. The van der Waals surface area contributed by atoms with Crippen molar-refractivity contribution in [1.29, 1.82) is 5.26 Å². The zero-order chi connectivity index (χ0) is 13.8. The van der Waals surface area contributed by atoms with Gasteiger partial charge >= 0.3 is 0 Å². The quantitative estimate of drug-likeness (QED) is 0.892. The molecule has 1 amide bonds. The number of rotatable bonds is 2. The summed E-state index contributed by atoms with van der Waals surface area (Å²) in [5, 5.41) is 11.4. The molecule has 0 aliphatic carbocycles. The third-order valence-corrected chi connectivity index (χ3v) is 2.76. The summed E-state index contributed by atoms with van der Waals surface area (Å²) < 4.78 is 0. The van der Waals surface area contributed by atoms with Crippen molar-refractivity contribution >= 4 is 11.7 Å². The molecule has 1 aromatic heterocycles. The lowest BCUT2D eigenvalue weighted by Gasteiger charge is -2.07. The monoisotopic (exact) mass is 251 g/mol. The summed E-state index contributed by atoms with van der Waals surface area (Å²) in [5.41, 5.74) is 3.12. The number of carbonyl (C=O) groups excluding carboxylic acids is 1. The van der Waals surface area contributed by atoms with Gasteiger partial charge in [-0.1, -0.05) is 17.7 Å². The molecule has 94 valence electrons. The molecule has 4 nitrogen and oxygen atoms in total. The highest BCUT2D eigenvalue weighted by Gasteiger charge is 2.09. The SMILES string of the molecule is Cc1ccc(C(=O)Nc2ccc(C#N)cn2)c(C)c1. The Hall–Kier alpha value is -2.67. The number of hydrogen-bond acceptors (Lipinski definition) is 3. The molecule has 0 atom stereocenters. The third-order valence-electron chi connectivity index (χ3n) is 2.76. The van der Waals surface area contributed by atoms with E-state index in [1.165, 1.54) is 6.20 Å². The van der Waals surface area contributed by atoms with E-state index in [-0.39, 0.29) is 5.91 Å². The second-order valence-electron chi connectivity index (χ2n) is 4.32. The molecule has 0 aliphatic heterocycles. The van der Waals surface area contributed by atoms with Gasteiger partial charge in [0.25, 0.3) is 5.91 Å². The molecule has 1 N–H and O–H groups in total. The molecule has 0 spiro atoms. The third kappa shape index (κ3) is 2.96. The van der Waals surface area contributed by atoms with Crippen molar-refractivity contribution in [2.24, 2.45) is 0 Å². The van der Waals surface area contributed by atoms with Gasteiger partial charge in [0.15, 0.2) is 0 Å². The summed E-state index contributed by atoms with van der Waals surface area (Å²) >= 11 is 0. The number of carbonyl (C=O) groups is 1. The molecular formula is C15H13N3O. The smallest absolute Gasteiger partial charge is 0.257 e. The van der Waals surface area contributed by atoms with Crippen molar-refractivity contribution in [2.45, 2.75) is 13.8 Å². The summed E-state index contributed by atoms with van der Waals surface area (Å²) in [6.45, 7) is 3.88. The van der Waals surface area contributed by atoms with Crippen LogP contribution < -0.4 is 5.32 Å². The van der Waals surface area contributed by atoms with E-state index in [1.807, 2.05) is 32.0 Å². The van der Waals surface area contributed by atoms with Crippen molar-refractivity contribution in [3.63, 3.8) is 0 Å². The number of pyridine rings is 1. The van der Waals surface area contributed by atoms with Gasteiger partial charge in [0.2, 0.25) is 0 Å². The number of nitrogens with zero attached hydrogens (tertiary/aromatic N) is 2. The fourth-order valence-electron chi connectivity index (χ4n) is 1.79. The van der Waals surface area contributed by atoms with Crippen molar-refractivity contribution in [3.8, 4) is 6.07 Å². The first-order valence-electron chi connectivity index (χ1n) is 5.85. The second-order valence-corrected chi connectivity index (χ2v) is 4.32. The molecular weight excluding hydrogens is 238 g/mol. The molecule has 19 heavy (non-hydrogen) atoms. The first-order valence-corrected chi connectivity index (χ1v) is 5.85. The number of nitrogens with one attached hydrogen (secondary N) is 1. The standard InChI is InChI=1S/C15H13N3O/c1-10-3-5-13(11(2)7-10)15(19)18-14-6-4-12(8-16)9-17-14/h3-7,9H,1-2H3,(H,17,18,19). The van der Waals surface area contributed by atoms with Crippen LogP contribution in [0.3, 0.4) is 0 Å². The lowest BCUT2D eigenvalue weighted by atomic mass is 10.1. The molecule has 1 aromatic carbocycles. The maximum absolute atomic E-state index is 12.1. The first kappa shape index (κ1) is 12.8. The first-order chi connectivity index (χ1) is 9.10. The number of hydrogen-bond donors (Lipinski definition) is 1. The van der Waals surface area contributed by atoms with E-state index in [1.54, 1.807) is 18.2 Å². The molecule has 0 saturated carbocycles. The van der Waals surface area contributed by atoms with Gasteiger partial charge in [0.05, 0.1) is 5.56 Å². The number of aryl methyl sites for hydroxylation is 2.